The topological polar surface area (TPSA) is 43.8 Å². The second-order valence-corrected chi connectivity index (χ2v) is 5.14. The third kappa shape index (κ3) is 3.31. The van der Waals surface area contributed by atoms with E-state index in [2.05, 4.69) is 21.0 Å². The third-order valence-corrected chi connectivity index (χ3v) is 3.31. The number of hydrogen-bond donors (Lipinski definition) is 1. The minimum absolute atomic E-state index is 0.644. The molecule has 0 atom stereocenters. The zero-order chi connectivity index (χ0) is 12.3. The lowest BCUT2D eigenvalue weighted by molar-refractivity contribution is 0.686. The highest BCUT2D eigenvalue weighted by molar-refractivity contribution is 9.10. The Hall–Kier alpha value is -0.840. The molecule has 0 unspecified atom stereocenters. The fourth-order valence-electron chi connectivity index (χ4n) is 1.61. The van der Waals surface area contributed by atoms with Gasteiger partial charge in [0, 0.05) is 15.7 Å². The Balaban J connectivity index is 2.13. The van der Waals surface area contributed by atoms with Crippen LogP contribution in [0.3, 0.4) is 0 Å². The van der Waals surface area contributed by atoms with Crippen LogP contribution >= 0.6 is 27.5 Å². The van der Waals surface area contributed by atoms with Gasteiger partial charge in [0.1, 0.15) is 0 Å². The van der Waals surface area contributed by atoms with Crippen LogP contribution in [0.15, 0.2) is 35.1 Å². The first kappa shape index (κ1) is 12.6. The second-order valence-electron chi connectivity index (χ2n) is 3.82. The van der Waals surface area contributed by atoms with Gasteiger partial charge in [-0.05, 0) is 36.2 Å². The van der Waals surface area contributed by atoms with E-state index in [0.29, 0.717) is 13.1 Å². The lowest BCUT2D eigenvalue weighted by Gasteiger charge is -2.04. The SMILES string of the molecule is NCCc1cnn(Cc2ccc(Br)cc2Cl)c1. The Morgan fingerprint density at radius 1 is 1.41 bits per heavy atom. The van der Waals surface area contributed by atoms with Gasteiger partial charge in [0.05, 0.1) is 12.7 Å². The molecule has 0 radical (unpaired) electrons. The number of benzene rings is 1. The molecule has 0 spiro atoms. The van der Waals surface area contributed by atoms with Crippen molar-refractivity contribution in [3.63, 3.8) is 0 Å². The van der Waals surface area contributed by atoms with Gasteiger partial charge in [-0.3, -0.25) is 4.68 Å². The molecule has 0 fully saturated rings. The molecule has 1 aromatic carbocycles. The molecular formula is C12H13BrClN3. The number of aromatic nitrogens is 2. The molecule has 0 aliphatic carbocycles. The molecule has 2 N–H and O–H groups in total. The van der Waals surface area contributed by atoms with Crippen molar-refractivity contribution in [2.45, 2.75) is 13.0 Å². The normalized spacial score (nSPS) is 10.8. The Morgan fingerprint density at radius 3 is 2.94 bits per heavy atom. The highest BCUT2D eigenvalue weighted by atomic mass is 79.9. The second kappa shape index (κ2) is 5.67. The molecule has 0 saturated carbocycles. The zero-order valence-electron chi connectivity index (χ0n) is 9.24. The quantitative estimate of drug-likeness (QED) is 0.943. The summed E-state index contributed by atoms with van der Waals surface area (Å²) in [5.41, 5.74) is 7.71. The van der Waals surface area contributed by atoms with Crippen molar-refractivity contribution in [3.8, 4) is 0 Å². The van der Waals surface area contributed by atoms with Crippen molar-refractivity contribution >= 4 is 27.5 Å². The maximum absolute atomic E-state index is 6.16. The van der Waals surface area contributed by atoms with Crippen LogP contribution in [0.25, 0.3) is 0 Å². The number of rotatable bonds is 4. The van der Waals surface area contributed by atoms with Gasteiger partial charge >= 0.3 is 0 Å². The molecule has 5 heteroatoms. The van der Waals surface area contributed by atoms with E-state index in [9.17, 15) is 0 Å². The molecule has 90 valence electrons. The Morgan fingerprint density at radius 2 is 2.24 bits per heavy atom. The minimum atomic E-state index is 0.644. The summed E-state index contributed by atoms with van der Waals surface area (Å²) in [5.74, 6) is 0. The van der Waals surface area contributed by atoms with Crippen LogP contribution in [0.5, 0.6) is 0 Å². The van der Waals surface area contributed by atoms with E-state index >= 15 is 0 Å². The summed E-state index contributed by atoms with van der Waals surface area (Å²) in [6, 6.07) is 5.86. The van der Waals surface area contributed by atoms with E-state index in [1.165, 1.54) is 0 Å². The summed E-state index contributed by atoms with van der Waals surface area (Å²) in [7, 11) is 0. The number of nitrogens with two attached hydrogens (primary N) is 1. The number of nitrogens with zero attached hydrogens (tertiary/aromatic N) is 2. The van der Waals surface area contributed by atoms with Crippen molar-refractivity contribution < 1.29 is 0 Å². The number of hydrogen-bond acceptors (Lipinski definition) is 2. The Bertz CT molecular complexity index is 510. The molecule has 3 nitrogen and oxygen atoms in total. The van der Waals surface area contributed by atoms with Crippen LogP contribution in [0, 0.1) is 0 Å². The van der Waals surface area contributed by atoms with Crippen molar-refractivity contribution in [2.24, 2.45) is 5.73 Å². The molecule has 2 rings (SSSR count). The standard InChI is InChI=1S/C12H13BrClN3/c13-11-2-1-10(12(14)5-11)8-17-7-9(3-4-15)6-16-17/h1-2,5-7H,3-4,8,15H2. The smallest absolute Gasteiger partial charge is 0.0674 e. The van der Waals surface area contributed by atoms with Gasteiger partial charge in [0.15, 0.2) is 0 Å². The minimum Gasteiger partial charge on any atom is -0.330 e. The molecule has 0 bridgehead atoms. The average molecular weight is 315 g/mol. The average Bonchev–Trinajstić information content (AvgIpc) is 2.71. The first-order chi connectivity index (χ1) is 8.19. The predicted octanol–water partition coefficient (Wildman–Crippen LogP) is 2.85. The lowest BCUT2D eigenvalue weighted by Crippen LogP contribution is -2.02. The largest absolute Gasteiger partial charge is 0.330 e. The van der Waals surface area contributed by atoms with Gasteiger partial charge in [0.2, 0.25) is 0 Å². The maximum atomic E-state index is 6.16. The highest BCUT2D eigenvalue weighted by Gasteiger charge is 2.03. The molecule has 0 aliphatic rings. The maximum Gasteiger partial charge on any atom is 0.0674 e. The van der Waals surface area contributed by atoms with Crippen molar-refractivity contribution in [1.82, 2.24) is 9.78 Å². The van der Waals surface area contributed by atoms with Crippen molar-refractivity contribution in [3.05, 3.63) is 51.2 Å². The van der Waals surface area contributed by atoms with E-state index in [0.717, 1.165) is 27.0 Å². The van der Waals surface area contributed by atoms with E-state index in [1.54, 1.807) is 0 Å². The first-order valence-corrected chi connectivity index (χ1v) is 6.51. The first-order valence-electron chi connectivity index (χ1n) is 5.34. The van der Waals surface area contributed by atoms with Crippen LogP contribution in [0.1, 0.15) is 11.1 Å². The summed E-state index contributed by atoms with van der Waals surface area (Å²) in [6.07, 6.45) is 4.71. The molecule has 1 aromatic heterocycles. The summed E-state index contributed by atoms with van der Waals surface area (Å²) in [4.78, 5) is 0. The highest BCUT2D eigenvalue weighted by Crippen LogP contribution is 2.22. The molecule has 1 heterocycles. The lowest BCUT2D eigenvalue weighted by atomic mass is 10.2. The summed E-state index contributed by atoms with van der Waals surface area (Å²) in [6.45, 7) is 1.32. The van der Waals surface area contributed by atoms with Crippen LogP contribution in [0.2, 0.25) is 5.02 Å². The van der Waals surface area contributed by atoms with E-state index < -0.39 is 0 Å². The fraction of sp³-hybridized carbons (Fsp3) is 0.250. The van der Waals surface area contributed by atoms with E-state index in [-0.39, 0.29) is 0 Å². The van der Waals surface area contributed by atoms with Crippen LogP contribution < -0.4 is 5.73 Å². The molecule has 0 aliphatic heterocycles. The number of halogens is 2. The van der Waals surface area contributed by atoms with Crippen molar-refractivity contribution in [2.75, 3.05) is 6.54 Å². The van der Waals surface area contributed by atoms with Gasteiger partial charge in [0.25, 0.3) is 0 Å². The Kier molecular flexibility index (Phi) is 4.20. The van der Waals surface area contributed by atoms with Crippen molar-refractivity contribution in [1.29, 1.82) is 0 Å². The van der Waals surface area contributed by atoms with Crippen LogP contribution in [0.4, 0.5) is 0 Å². The Labute approximate surface area is 114 Å². The fourth-order valence-corrected chi connectivity index (χ4v) is 2.35. The zero-order valence-corrected chi connectivity index (χ0v) is 11.6. The van der Waals surface area contributed by atoms with Gasteiger partial charge in [-0.25, -0.2) is 0 Å². The van der Waals surface area contributed by atoms with Gasteiger partial charge in [-0.15, -0.1) is 0 Å². The molecule has 0 amide bonds. The molecule has 17 heavy (non-hydrogen) atoms. The molecular weight excluding hydrogens is 302 g/mol. The van der Waals surface area contributed by atoms with E-state index in [1.807, 2.05) is 35.3 Å². The predicted molar refractivity (Wildman–Crippen MR) is 73.2 cm³/mol. The molecule has 0 saturated heterocycles. The summed E-state index contributed by atoms with van der Waals surface area (Å²) < 4.78 is 2.86. The third-order valence-electron chi connectivity index (χ3n) is 2.47. The van der Waals surface area contributed by atoms with Gasteiger partial charge < -0.3 is 5.73 Å². The van der Waals surface area contributed by atoms with Crippen LogP contribution in [-0.4, -0.2) is 16.3 Å². The van der Waals surface area contributed by atoms with Gasteiger partial charge in [-0.1, -0.05) is 33.6 Å². The van der Waals surface area contributed by atoms with Gasteiger partial charge in [-0.2, -0.15) is 5.10 Å². The van der Waals surface area contributed by atoms with E-state index in [4.69, 9.17) is 17.3 Å². The molecule has 2 aromatic rings. The van der Waals surface area contributed by atoms with Crippen LogP contribution in [-0.2, 0) is 13.0 Å². The monoisotopic (exact) mass is 313 g/mol. The summed E-state index contributed by atoms with van der Waals surface area (Å²) >= 11 is 9.54. The summed E-state index contributed by atoms with van der Waals surface area (Å²) in [5, 5.41) is 5.03.